The molecule has 0 saturated heterocycles. The Morgan fingerprint density at radius 3 is 2.82 bits per heavy atom. The lowest BCUT2D eigenvalue weighted by Crippen LogP contribution is -2.24. The molecule has 0 fully saturated rings. The number of nitro groups is 1. The lowest BCUT2D eigenvalue weighted by Gasteiger charge is -2.26. The van der Waals surface area contributed by atoms with Crippen molar-refractivity contribution in [3.63, 3.8) is 0 Å². The zero-order chi connectivity index (χ0) is 12.6. The summed E-state index contributed by atoms with van der Waals surface area (Å²) in [6, 6.07) is 1.45. The van der Waals surface area contributed by atoms with Crippen LogP contribution in [-0.2, 0) is 12.8 Å². The molecular formula is C12H16N2O3. The molecular weight excluding hydrogens is 220 g/mol. The zero-order valence-corrected chi connectivity index (χ0v) is 10.0. The first-order valence-corrected chi connectivity index (χ1v) is 5.88. The predicted octanol–water partition coefficient (Wildman–Crippen LogP) is 2.04. The van der Waals surface area contributed by atoms with Gasteiger partial charge in [-0.15, -0.1) is 0 Å². The third-order valence-corrected chi connectivity index (χ3v) is 3.58. The molecule has 1 atom stereocenters. The van der Waals surface area contributed by atoms with Crippen LogP contribution in [0.1, 0.15) is 31.5 Å². The summed E-state index contributed by atoms with van der Waals surface area (Å²) in [6.07, 6.45) is 2.68. The van der Waals surface area contributed by atoms with E-state index in [2.05, 4.69) is 18.8 Å². The fraction of sp³-hybridized carbons (Fsp3) is 0.583. The monoisotopic (exact) mass is 236 g/mol. The summed E-state index contributed by atoms with van der Waals surface area (Å²) >= 11 is 0. The molecule has 1 aromatic heterocycles. The van der Waals surface area contributed by atoms with Crippen LogP contribution in [0.25, 0.3) is 0 Å². The Morgan fingerprint density at radius 1 is 1.53 bits per heavy atom. The van der Waals surface area contributed by atoms with E-state index in [9.17, 15) is 14.9 Å². The van der Waals surface area contributed by atoms with Gasteiger partial charge in [-0.2, -0.15) is 0 Å². The lowest BCUT2D eigenvalue weighted by atomic mass is 9.80. The topological polar surface area (TPSA) is 76.0 Å². The van der Waals surface area contributed by atoms with Gasteiger partial charge in [-0.05, 0) is 36.7 Å². The van der Waals surface area contributed by atoms with Crippen LogP contribution < -0.4 is 5.56 Å². The average Bonchev–Trinajstić information content (AvgIpc) is 2.27. The molecule has 1 aromatic rings. The summed E-state index contributed by atoms with van der Waals surface area (Å²) in [6.45, 7) is 4.32. The minimum Gasteiger partial charge on any atom is -0.320 e. The van der Waals surface area contributed by atoms with Crippen LogP contribution in [0.15, 0.2) is 10.9 Å². The second-order valence-electron chi connectivity index (χ2n) is 4.99. The van der Waals surface area contributed by atoms with Gasteiger partial charge in [-0.3, -0.25) is 14.9 Å². The molecule has 0 radical (unpaired) electrons. The highest BCUT2D eigenvalue weighted by Gasteiger charge is 2.25. The Labute approximate surface area is 99.0 Å². The van der Waals surface area contributed by atoms with Gasteiger partial charge < -0.3 is 4.98 Å². The maximum absolute atomic E-state index is 11.5. The summed E-state index contributed by atoms with van der Waals surface area (Å²) in [4.78, 5) is 24.2. The number of aromatic amines is 1. The molecule has 17 heavy (non-hydrogen) atoms. The van der Waals surface area contributed by atoms with E-state index in [1.807, 2.05) is 0 Å². The van der Waals surface area contributed by atoms with Crippen molar-refractivity contribution in [1.82, 2.24) is 4.98 Å². The van der Waals surface area contributed by atoms with E-state index in [0.29, 0.717) is 11.8 Å². The normalized spacial score (nSPS) is 19.1. The number of rotatable bonds is 2. The molecule has 0 spiro atoms. The molecule has 5 nitrogen and oxygen atoms in total. The van der Waals surface area contributed by atoms with Crippen LogP contribution in [0.3, 0.4) is 0 Å². The van der Waals surface area contributed by atoms with Crippen molar-refractivity contribution in [2.75, 3.05) is 0 Å². The van der Waals surface area contributed by atoms with Gasteiger partial charge >= 0.3 is 11.2 Å². The number of aryl methyl sites for hydroxylation is 1. The average molecular weight is 236 g/mol. The maximum Gasteiger partial charge on any atom is 0.334 e. The lowest BCUT2D eigenvalue weighted by molar-refractivity contribution is -0.386. The van der Waals surface area contributed by atoms with Gasteiger partial charge in [0.2, 0.25) is 0 Å². The van der Waals surface area contributed by atoms with Crippen LogP contribution in [0.4, 0.5) is 5.69 Å². The van der Waals surface area contributed by atoms with Crippen LogP contribution >= 0.6 is 0 Å². The van der Waals surface area contributed by atoms with Gasteiger partial charge in [-0.25, -0.2) is 0 Å². The third kappa shape index (κ3) is 2.23. The van der Waals surface area contributed by atoms with Crippen LogP contribution in [0.2, 0.25) is 0 Å². The highest BCUT2D eigenvalue weighted by molar-refractivity contribution is 5.36. The van der Waals surface area contributed by atoms with E-state index in [1.165, 1.54) is 6.07 Å². The first-order chi connectivity index (χ1) is 7.99. The molecule has 5 heteroatoms. The van der Waals surface area contributed by atoms with Crippen LogP contribution in [0.5, 0.6) is 0 Å². The van der Waals surface area contributed by atoms with Crippen LogP contribution in [-0.4, -0.2) is 9.91 Å². The van der Waals surface area contributed by atoms with Crippen molar-refractivity contribution in [2.45, 2.75) is 33.1 Å². The quantitative estimate of drug-likeness (QED) is 0.630. The van der Waals surface area contributed by atoms with E-state index in [1.54, 1.807) is 0 Å². The maximum atomic E-state index is 11.5. The summed E-state index contributed by atoms with van der Waals surface area (Å²) in [5.41, 5.74) is 0.878. The fourth-order valence-corrected chi connectivity index (χ4v) is 2.42. The SMILES string of the molecule is CC(C)C1CCc2[nH]c(=O)c([N+](=O)[O-])cc2C1. The number of nitrogens with one attached hydrogen (secondary N) is 1. The van der Waals surface area contributed by atoms with Gasteiger partial charge in [0.05, 0.1) is 4.92 Å². The fourth-order valence-electron chi connectivity index (χ4n) is 2.42. The second kappa shape index (κ2) is 4.31. The molecule has 1 aliphatic rings. The molecule has 0 saturated carbocycles. The Morgan fingerprint density at radius 2 is 2.24 bits per heavy atom. The van der Waals surface area contributed by atoms with E-state index in [0.717, 1.165) is 30.5 Å². The number of H-pyrrole nitrogens is 1. The van der Waals surface area contributed by atoms with Gasteiger partial charge in [0, 0.05) is 11.8 Å². The Bertz CT molecular complexity index is 505. The van der Waals surface area contributed by atoms with Gasteiger partial charge in [0.15, 0.2) is 0 Å². The smallest absolute Gasteiger partial charge is 0.320 e. The van der Waals surface area contributed by atoms with Crippen molar-refractivity contribution in [3.8, 4) is 0 Å². The molecule has 92 valence electrons. The molecule has 2 rings (SSSR count). The molecule has 0 bridgehead atoms. The number of aromatic nitrogens is 1. The molecule has 0 aromatic carbocycles. The number of hydrogen-bond acceptors (Lipinski definition) is 3. The van der Waals surface area contributed by atoms with Crippen molar-refractivity contribution in [1.29, 1.82) is 0 Å². The number of pyridine rings is 1. The molecule has 0 amide bonds. The molecule has 1 aliphatic carbocycles. The number of hydrogen-bond donors (Lipinski definition) is 1. The Balaban J connectivity index is 2.40. The van der Waals surface area contributed by atoms with Crippen molar-refractivity contribution >= 4 is 5.69 Å². The van der Waals surface area contributed by atoms with E-state index in [-0.39, 0.29) is 5.69 Å². The molecule has 1 unspecified atom stereocenters. The van der Waals surface area contributed by atoms with E-state index >= 15 is 0 Å². The van der Waals surface area contributed by atoms with Crippen molar-refractivity contribution in [3.05, 3.63) is 37.8 Å². The number of nitrogens with zero attached hydrogens (tertiary/aromatic N) is 1. The summed E-state index contributed by atoms with van der Waals surface area (Å²) < 4.78 is 0. The highest BCUT2D eigenvalue weighted by Crippen LogP contribution is 2.29. The van der Waals surface area contributed by atoms with E-state index < -0.39 is 10.5 Å². The van der Waals surface area contributed by atoms with E-state index in [4.69, 9.17) is 0 Å². The standard InChI is InChI=1S/C12H16N2O3/c1-7(2)8-3-4-10-9(5-8)6-11(14(16)17)12(15)13-10/h6-8H,3-5H2,1-2H3,(H,13,15). The molecule has 1 heterocycles. The largest absolute Gasteiger partial charge is 0.334 e. The van der Waals surface area contributed by atoms with Gasteiger partial charge in [0.1, 0.15) is 0 Å². The third-order valence-electron chi connectivity index (χ3n) is 3.58. The summed E-state index contributed by atoms with van der Waals surface area (Å²) in [5, 5.41) is 10.7. The highest BCUT2D eigenvalue weighted by atomic mass is 16.6. The second-order valence-corrected chi connectivity index (χ2v) is 4.99. The predicted molar refractivity (Wildman–Crippen MR) is 64.1 cm³/mol. The van der Waals surface area contributed by atoms with Gasteiger partial charge in [-0.1, -0.05) is 13.8 Å². The first kappa shape index (κ1) is 11.8. The summed E-state index contributed by atoms with van der Waals surface area (Å²) in [5.74, 6) is 1.11. The first-order valence-electron chi connectivity index (χ1n) is 5.88. The number of fused-ring (bicyclic) bond motifs is 1. The summed E-state index contributed by atoms with van der Waals surface area (Å²) in [7, 11) is 0. The van der Waals surface area contributed by atoms with Crippen molar-refractivity contribution < 1.29 is 4.92 Å². The minimum absolute atomic E-state index is 0.340. The Kier molecular flexibility index (Phi) is 3.00. The molecule has 1 N–H and O–H groups in total. The zero-order valence-electron chi connectivity index (χ0n) is 10.0. The molecule has 0 aliphatic heterocycles. The van der Waals surface area contributed by atoms with Gasteiger partial charge in [0.25, 0.3) is 0 Å². The van der Waals surface area contributed by atoms with Crippen molar-refractivity contribution in [2.24, 2.45) is 11.8 Å². The minimum atomic E-state index is -0.613. The Hall–Kier alpha value is -1.65. The van der Waals surface area contributed by atoms with Crippen LogP contribution in [0, 0.1) is 22.0 Å².